The average molecular weight is 325 g/mol. The van der Waals surface area contributed by atoms with Crippen LogP contribution >= 0.6 is 23.2 Å². The van der Waals surface area contributed by atoms with Gasteiger partial charge in [0.25, 0.3) is 0 Å². The zero-order chi connectivity index (χ0) is 14.6. The van der Waals surface area contributed by atoms with Gasteiger partial charge in [-0.2, -0.15) is 0 Å². The van der Waals surface area contributed by atoms with Crippen LogP contribution in [0.2, 0.25) is 10.0 Å². The van der Waals surface area contributed by atoms with Crippen molar-refractivity contribution in [3.8, 4) is 0 Å². The second-order valence-corrected chi connectivity index (χ2v) is 6.58. The maximum atomic E-state index is 11.6. The maximum Gasteiger partial charge on any atom is 0.223 e. The van der Waals surface area contributed by atoms with E-state index in [4.69, 9.17) is 23.2 Å². The molecule has 0 unspecified atom stereocenters. The Kier molecular flexibility index (Phi) is 5.61. The van der Waals surface area contributed by atoms with E-state index in [1.54, 1.807) is 18.2 Å². The van der Waals surface area contributed by atoms with Gasteiger partial charge < -0.3 is 4.90 Å². The third kappa shape index (κ3) is 5.36. The highest BCUT2D eigenvalue weighted by Crippen LogP contribution is 2.27. The summed E-state index contributed by atoms with van der Waals surface area (Å²) < 4.78 is 24.3. The van der Waals surface area contributed by atoms with Gasteiger partial charge in [0.05, 0.1) is 16.3 Å². The molecule has 0 spiro atoms. The van der Waals surface area contributed by atoms with Gasteiger partial charge >= 0.3 is 0 Å². The first-order valence-electron chi connectivity index (χ1n) is 5.38. The lowest BCUT2D eigenvalue weighted by atomic mass is 10.3. The number of hydrogen-bond donors (Lipinski definition) is 1. The van der Waals surface area contributed by atoms with Crippen LogP contribution in [-0.4, -0.2) is 33.7 Å². The number of carbonyl (C=O) groups is 1. The van der Waals surface area contributed by atoms with Crippen molar-refractivity contribution in [2.45, 2.75) is 6.92 Å². The summed E-state index contributed by atoms with van der Waals surface area (Å²) in [6.45, 7) is 1.72. The van der Waals surface area contributed by atoms with Crippen LogP contribution in [-0.2, 0) is 14.8 Å². The third-order valence-electron chi connectivity index (χ3n) is 2.29. The zero-order valence-electron chi connectivity index (χ0n) is 10.5. The average Bonchev–Trinajstić information content (AvgIpc) is 2.26. The van der Waals surface area contributed by atoms with Crippen molar-refractivity contribution >= 4 is 44.8 Å². The summed E-state index contributed by atoms with van der Waals surface area (Å²) in [5, 5.41) is 0.727. The molecule has 0 atom stereocenters. The summed E-state index contributed by atoms with van der Waals surface area (Å²) >= 11 is 11.7. The minimum absolute atomic E-state index is 0.124. The molecule has 0 bridgehead atoms. The van der Waals surface area contributed by atoms with Crippen LogP contribution in [0.4, 0.5) is 5.69 Å². The third-order valence-corrected chi connectivity index (χ3v) is 3.76. The van der Waals surface area contributed by atoms with E-state index < -0.39 is 10.0 Å². The highest BCUT2D eigenvalue weighted by molar-refractivity contribution is 7.88. The number of anilines is 1. The van der Waals surface area contributed by atoms with Gasteiger partial charge in [-0.3, -0.25) is 4.79 Å². The monoisotopic (exact) mass is 324 g/mol. The molecule has 8 heteroatoms. The highest BCUT2D eigenvalue weighted by Gasteiger charge is 2.13. The van der Waals surface area contributed by atoms with Gasteiger partial charge in [0.1, 0.15) is 0 Å². The van der Waals surface area contributed by atoms with Crippen LogP contribution in [0.1, 0.15) is 6.92 Å². The highest BCUT2D eigenvalue weighted by atomic mass is 35.5. The van der Waals surface area contributed by atoms with Crippen molar-refractivity contribution in [1.29, 1.82) is 0 Å². The Morgan fingerprint density at radius 2 is 1.95 bits per heavy atom. The van der Waals surface area contributed by atoms with Crippen LogP contribution in [0.25, 0.3) is 0 Å². The molecule has 1 aromatic carbocycles. The molecule has 0 heterocycles. The van der Waals surface area contributed by atoms with E-state index in [-0.39, 0.29) is 19.0 Å². The maximum absolute atomic E-state index is 11.6. The molecule has 5 nitrogen and oxygen atoms in total. The van der Waals surface area contributed by atoms with E-state index in [1.165, 1.54) is 11.8 Å². The summed E-state index contributed by atoms with van der Waals surface area (Å²) in [4.78, 5) is 13.0. The van der Waals surface area contributed by atoms with Gasteiger partial charge in [0, 0.05) is 25.7 Å². The molecule has 106 valence electrons. The van der Waals surface area contributed by atoms with Crippen molar-refractivity contribution in [3.05, 3.63) is 28.2 Å². The summed E-state index contributed by atoms with van der Waals surface area (Å²) in [6, 6.07) is 4.79. The summed E-state index contributed by atoms with van der Waals surface area (Å²) in [7, 11) is -3.28. The Morgan fingerprint density at radius 1 is 1.32 bits per heavy atom. The molecular weight excluding hydrogens is 311 g/mol. The molecule has 0 aliphatic carbocycles. The number of benzene rings is 1. The summed E-state index contributed by atoms with van der Waals surface area (Å²) in [5.74, 6) is -0.214. The molecule has 0 fully saturated rings. The fourth-order valence-corrected chi connectivity index (χ4v) is 2.22. The number of nitrogens with zero attached hydrogens (tertiary/aromatic N) is 1. The molecule has 0 aromatic heterocycles. The van der Waals surface area contributed by atoms with Crippen molar-refractivity contribution in [2.75, 3.05) is 24.2 Å². The SMILES string of the molecule is CC(=O)N(CCNS(C)(=O)=O)c1ccc(Cl)c(Cl)c1. The number of amides is 1. The van der Waals surface area contributed by atoms with Crippen LogP contribution in [0.5, 0.6) is 0 Å². The molecule has 1 N–H and O–H groups in total. The van der Waals surface area contributed by atoms with E-state index >= 15 is 0 Å². The van der Waals surface area contributed by atoms with E-state index in [1.807, 2.05) is 0 Å². The van der Waals surface area contributed by atoms with E-state index in [0.29, 0.717) is 15.7 Å². The Bertz CT molecular complexity index is 575. The molecule has 19 heavy (non-hydrogen) atoms. The number of hydrogen-bond acceptors (Lipinski definition) is 3. The Hall–Kier alpha value is -0.820. The lowest BCUT2D eigenvalue weighted by Crippen LogP contribution is -2.37. The Morgan fingerprint density at radius 3 is 2.42 bits per heavy atom. The summed E-state index contributed by atoms with van der Waals surface area (Å²) in [6.07, 6.45) is 1.06. The lowest BCUT2D eigenvalue weighted by Gasteiger charge is -2.21. The largest absolute Gasteiger partial charge is 0.311 e. The molecule has 1 aromatic rings. The molecular formula is C11H14Cl2N2O3S. The smallest absolute Gasteiger partial charge is 0.223 e. The van der Waals surface area contributed by atoms with Crippen molar-refractivity contribution in [2.24, 2.45) is 0 Å². The first kappa shape index (κ1) is 16.2. The first-order chi connectivity index (χ1) is 8.70. The van der Waals surface area contributed by atoms with E-state index in [9.17, 15) is 13.2 Å². The zero-order valence-corrected chi connectivity index (χ0v) is 12.8. The molecule has 0 radical (unpaired) electrons. The van der Waals surface area contributed by atoms with E-state index in [2.05, 4.69) is 4.72 Å². The van der Waals surface area contributed by atoms with Crippen molar-refractivity contribution in [3.63, 3.8) is 0 Å². The topological polar surface area (TPSA) is 66.5 Å². The fourth-order valence-electron chi connectivity index (χ4n) is 1.46. The predicted molar refractivity (Wildman–Crippen MR) is 77.3 cm³/mol. The fraction of sp³-hybridized carbons (Fsp3) is 0.364. The van der Waals surface area contributed by atoms with Gasteiger partial charge in [0.2, 0.25) is 15.9 Å². The number of halogens is 2. The predicted octanol–water partition coefficient (Wildman–Crippen LogP) is 1.90. The van der Waals surface area contributed by atoms with Crippen LogP contribution in [0, 0.1) is 0 Å². The van der Waals surface area contributed by atoms with Gasteiger partial charge in [-0.15, -0.1) is 0 Å². The van der Waals surface area contributed by atoms with Crippen LogP contribution < -0.4 is 9.62 Å². The van der Waals surface area contributed by atoms with Crippen LogP contribution in [0.15, 0.2) is 18.2 Å². The normalized spacial score (nSPS) is 11.4. The van der Waals surface area contributed by atoms with Gasteiger partial charge in [-0.05, 0) is 18.2 Å². The standard InChI is InChI=1S/C11H14Cl2N2O3S/c1-8(16)15(6-5-14-19(2,17)18)9-3-4-10(12)11(13)7-9/h3-4,7,14H,5-6H2,1-2H3. The minimum Gasteiger partial charge on any atom is -0.311 e. The molecule has 0 saturated heterocycles. The summed E-state index contributed by atoms with van der Waals surface area (Å²) in [5.41, 5.74) is 0.567. The Labute approximate surface area is 122 Å². The first-order valence-corrected chi connectivity index (χ1v) is 8.03. The molecule has 1 rings (SSSR count). The number of rotatable bonds is 5. The van der Waals surface area contributed by atoms with Gasteiger partial charge in [-0.1, -0.05) is 23.2 Å². The van der Waals surface area contributed by atoms with Crippen molar-refractivity contribution in [1.82, 2.24) is 4.72 Å². The molecule has 1 amide bonds. The molecule has 0 aliphatic rings. The molecule has 0 aliphatic heterocycles. The van der Waals surface area contributed by atoms with Crippen molar-refractivity contribution < 1.29 is 13.2 Å². The minimum atomic E-state index is -3.28. The second-order valence-electron chi connectivity index (χ2n) is 3.94. The van der Waals surface area contributed by atoms with E-state index in [0.717, 1.165) is 6.26 Å². The van der Waals surface area contributed by atoms with Crippen LogP contribution in [0.3, 0.4) is 0 Å². The quantitative estimate of drug-likeness (QED) is 0.899. The number of carbonyl (C=O) groups excluding carboxylic acids is 1. The lowest BCUT2D eigenvalue weighted by molar-refractivity contribution is -0.116. The second kappa shape index (κ2) is 6.56. The number of nitrogens with one attached hydrogen (secondary N) is 1. The van der Waals surface area contributed by atoms with Gasteiger partial charge in [0.15, 0.2) is 0 Å². The molecule has 0 saturated carbocycles. The van der Waals surface area contributed by atoms with Gasteiger partial charge in [-0.25, -0.2) is 13.1 Å². The Balaban J connectivity index is 2.83. The number of sulfonamides is 1.